The van der Waals surface area contributed by atoms with Gasteiger partial charge in [-0.15, -0.1) is 0 Å². The normalized spacial score (nSPS) is 18.2. The molecule has 14 heteroatoms. The molecule has 10 rings (SSSR count). The molecule has 0 spiro atoms. The zero-order valence-electron chi connectivity index (χ0n) is 36.3. The van der Waals surface area contributed by atoms with Crippen LogP contribution in [0.4, 0.5) is 8.78 Å². The van der Waals surface area contributed by atoms with Gasteiger partial charge in [0.2, 0.25) is 0 Å². The topological polar surface area (TPSA) is 149 Å². The summed E-state index contributed by atoms with van der Waals surface area (Å²) in [7, 11) is 0. The molecule has 0 saturated heterocycles. The van der Waals surface area contributed by atoms with E-state index in [9.17, 15) is 8.78 Å². The standard InChI is InChI=1S/2C25H25FN6/c2*1-17-14-19(4-10-22(17)31-15-18(2)28-16-31)5-11-23-29-24-25(27,12-3-13-32(24)30-23)20-6-8-21(26)9-7-20/h2*4-11,14-16H,3,12-13,27H2,1-2H3/b2*11-5+/t2*25-/m10/s1. The number of aryl methyl sites for hydroxylation is 6. The van der Waals surface area contributed by atoms with Crippen LogP contribution in [-0.4, -0.2) is 48.6 Å². The largest absolute Gasteiger partial charge is 0.315 e. The molecule has 0 unspecified atom stereocenters. The predicted molar refractivity (Wildman–Crippen MR) is 245 cm³/mol. The van der Waals surface area contributed by atoms with Gasteiger partial charge in [0.05, 0.1) is 24.0 Å². The van der Waals surface area contributed by atoms with Crippen molar-refractivity contribution in [3.05, 3.63) is 190 Å². The van der Waals surface area contributed by atoms with E-state index in [1.165, 1.54) is 24.3 Å². The van der Waals surface area contributed by atoms with Gasteiger partial charge >= 0.3 is 0 Å². The Hall–Kier alpha value is -7.16. The number of rotatable bonds is 8. The van der Waals surface area contributed by atoms with Crippen molar-refractivity contribution in [1.82, 2.24) is 48.6 Å². The fourth-order valence-electron chi connectivity index (χ4n) is 8.70. The van der Waals surface area contributed by atoms with Gasteiger partial charge in [0, 0.05) is 36.9 Å². The van der Waals surface area contributed by atoms with Crippen LogP contribution in [0.2, 0.25) is 0 Å². The first-order valence-electron chi connectivity index (χ1n) is 21.4. The first kappa shape index (κ1) is 42.2. The zero-order valence-corrected chi connectivity index (χ0v) is 36.3. The Morgan fingerprint density at radius 3 is 1.31 bits per heavy atom. The highest BCUT2D eigenvalue weighted by Crippen LogP contribution is 2.36. The molecule has 4 aromatic heterocycles. The molecule has 8 aromatic rings. The molecule has 4 aromatic carbocycles. The maximum atomic E-state index is 13.4. The van der Waals surface area contributed by atoms with Gasteiger partial charge in [-0.25, -0.2) is 38.1 Å². The van der Waals surface area contributed by atoms with E-state index in [1.807, 2.05) is 81.7 Å². The van der Waals surface area contributed by atoms with Gasteiger partial charge in [0.1, 0.15) is 22.7 Å². The Labute approximate surface area is 370 Å². The summed E-state index contributed by atoms with van der Waals surface area (Å²) in [5.74, 6) is 2.12. The molecule has 0 saturated carbocycles. The lowest BCUT2D eigenvalue weighted by Gasteiger charge is -2.33. The van der Waals surface area contributed by atoms with Gasteiger partial charge in [-0.2, -0.15) is 10.2 Å². The minimum absolute atomic E-state index is 0.275. The number of hydrogen-bond donors (Lipinski definition) is 2. The van der Waals surface area contributed by atoms with Crippen molar-refractivity contribution < 1.29 is 8.78 Å². The van der Waals surface area contributed by atoms with Gasteiger partial charge in [0.25, 0.3) is 0 Å². The van der Waals surface area contributed by atoms with Crippen LogP contribution in [0.3, 0.4) is 0 Å². The summed E-state index contributed by atoms with van der Waals surface area (Å²) in [6.45, 7) is 9.67. The van der Waals surface area contributed by atoms with Gasteiger partial charge in [-0.3, -0.25) is 0 Å². The van der Waals surface area contributed by atoms with Crippen molar-refractivity contribution in [2.45, 2.75) is 77.5 Å². The van der Waals surface area contributed by atoms with Gasteiger partial charge in [-0.05, 0) is 147 Å². The van der Waals surface area contributed by atoms with E-state index in [0.717, 1.165) is 107 Å². The molecular formula is C50H50F2N12. The first-order valence-corrected chi connectivity index (χ1v) is 21.4. The highest BCUT2D eigenvalue weighted by Gasteiger charge is 2.39. The Morgan fingerprint density at radius 1 is 0.547 bits per heavy atom. The highest BCUT2D eigenvalue weighted by atomic mass is 19.1. The van der Waals surface area contributed by atoms with Crippen LogP contribution in [0.1, 0.15) is 93.7 Å². The van der Waals surface area contributed by atoms with Crippen LogP contribution in [0.25, 0.3) is 35.7 Å². The smallest absolute Gasteiger partial charge is 0.174 e. The summed E-state index contributed by atoms with van der Waals surface area (Å²) < 4.78 is 34.6. The van der Waals surface area contributed by atoms with E-state index in [1.54, 1.807) is 24.3 Å². The highest BCUT2D eigenvalue weighted by molar-refractivity contribution is 5.69. The lowest BCUT2D eigenvalue weighted by Crippen LogP contribution is -2.43. The molecule has 6 heterocycles. The molecule has 0 fully saturated rings. The van der Waals surface area contributed by atoms with Gasteiger partial charge in [-0.1, -0.05) is 48.6 Å². The Morgan fingerprint density at radius 2 is 0.953 bits per heavy atom. The van der Waals surface area contributed by atoms with Crippen LogP contribution in [0, 0.1) is 39.3 Å². The maximum absolute atomic E-state index is 13.4. The van der Waals surface area contributed by atoms with E-state index in [-0.39, 0.29) is 11.6 Å². The second-order valence-electron chi connectivity index (χ2n) is 16.8. The number of imidazole rings is 2. The molecule has 2 atom stereocenters. The average Bonchev–Trinajstić information content (AvgIpc) is 4.11. The summed E-state index contributed by atoms with van der Waals surface area (Å²) >= 11 is 0. The van der Waals surface area contributed by atoms with Crippen molar-refractivity contribution in [3.63, 3.8) is 0 Å². The maximum Gasteiger partial charge on any atom is 0.174 e. The molecule has 4 N–H and O–H groups in total. The van der Waals surface area contributed by atoms with Crippen LogP contribution in [-0.2, 0) is 24.2 Å². The number of fused-ring (bicyclic) bond motifs is 2. The van der Waals surface area contributed by atoms with E-state index >= 15 is 0 Å². The quantitative estimate of drug-likeness (QED) is 0.154. The average molecular weight is 857 g/mol. The van der Waals surface area contributed by atoms with E-state index in [2.05, 4.69) is 70.4 Å². The Kier molecular flexibility index (Phi) is 11.3. The van der Waals surface area contributed by atoms with Crippen molar-refractivity contribution >= 4 is 24.3 Å². The lowest BCUT2D eigenvalue weighted by molar-refractivity contribution is 0.342. The number of nitrogens with two attached hydrogens (primary N) is 2. The number of halogens is 2. The summed E-state index contributed by atoms with van der Waals surface area (Å²) in [5.41, 5.74) is 22.3. The second kappa shape index (κ2) is 17.2. The lowest BCUT2D eigenvalue weighted by atomic mass is 9.83. The zero-order chi connectivity index (χ0) is 44.6. The number of hydrogen-bond acceptors (Lipinski definition) is 8. The summed E-state index contributed by atoms with van der Waals surface area (Å²) in [4.78, 5) is 18.1. The molecule has 2 aliphatic rings. The van der Waals surface area contributed by atoms with Crippen molar-refractivity contribution in [2.24, 2.45) is 11.5 Å². The molecule has 0 bridgehead atoms. The summed E-state index contributed by atoms with van der Waals surface area (Å²) in [6.07, 6.45) is 18.8. The van der Waals surface area contributed by atoms with Crippen molar-refractivity contribution in [1.29, 1.82) is 0 Å². The molecule has 64 heavy (non-hydrogen) atoms. The minimum atomic E-state index is -0.772. The third-order valence-corrected chi connectivity index (χ3v) is 12.0. The summed E-state index contributed by atoms with van der Waals surface area (Å²) in [6, 6.07) is 25.3. The third-order valence-electron chi connectivity index (χ3n) is 12.0. The molecule has 0 aliphatic carbocycles. The molecule has 0 amide bonds. The SMILES string of the molecule is Cc1cn(-c2ccc(/C=C/c3nc4n(n3)CCC[C@@]4(N)c3ccc(F)cc3)cc2C)cn1.Cc1cn(-c2ccc(/C=C/c3nc4n(n3)CCC[C@]4(N)c3ccc(F)cc3)cc2C)cn1. The second-order valence-corrected chi connectivity index (χ2v) is 16.8. The van der Waals surface area contributed by atoms with E-state index in [4.69, 9.17) is 21.4 Å². The fraction of sp³-hybridized carbons (Fsp3) is 0.240. The van der Waals surface area contributed by atoms with E-state index < -0.39 is 11.1 Å². The molecule has 324 valence electrons. The molecular weight excluding hydrogens is 807 g/mol. The summed E-state index contributed by atoms with van der Waals surface area (Å²) in [5, 5.41) is 9.29. The van der Waals surface area contributed by atoms with Crippen LogP contribution in [0.5, 0.6) is 0 Å². The van der Waals surface area contributed by atoms with E-state index in [0.29, 0.717) is 11.6 Å². The van der Waals surface area contributed by atoms with Crippen molar-refractivity contribution in [3.8, 4) is 11.4 Å². The fourth-order valence-corrected chi connectivity index (χ4v) is 8.70. The Bertz CT molecular complexity index is 2800. The Balaban J connectivity index is 0.000000162. The number of aromatic nitrogens is 10. The van der Waals surface area contributed by atoms with Gasteiger partial charge < -0.3 is 20.6 Å². The monoisotopic (exact) mass is 856 g/mol. The predicted octanol–water partition coefficient (Wildman–Crippen LogP) is 8.77. The van der Waals surface area contributed by atoms with Crippen LogP contribution in [0.15, 0.2) is 110 Å². The van der Waals surface area contributed by atoms with Gasteiger partial charge in [0.15, 0.2) is 23.3 Å². The number of benzene rings is 4. The van der Waals surface area contributed by atoms with Crippen molar-refractivity contribution in [2.75, 3.05) is 0 Å². The minimum Gasteiger partial charge on any atom is -0.315 e. The molecule has 12 nitrogen and oxygen atoms in total. The molecule has 2 aliphatic heterocycles. The van der Waals surface area contributed by atoms with Crippen LogP contribution >= 0.6 is 0 Å². The first-order chi connectivity index (χ1) is 30.8. The third kappa shape index (κ3) is 8.49. The molecule has 0 radical (unpaired) electrons. The van der Waals surface area contributed by atoms with Crippen LogP contribution < -0.4 is 11.5 Å². The number of nitrogens with zero attached hydrogens (tertiary/aromatic N) is 10.